The van der Waals surface area contributed by atoms with E-state index in [1.165, 1.54) is 0 Å². The lowest BCUT2D eigenvalue weighted by atomic mass is 10.1. The summed E-state index contributed by atoms with van der Waals surface area (Å²) in [5.41, 5.74) is 16.5. The van der Waals surface area contributed by atoms with Crippen LogP contribution in [-0.2, 0) is 4.79 Å². The van der Waals surface area contributed by atoms with Crippen LogP contribution in [0.15, 0.2) is 71.4 Å². The zero-order valence-electron chi connectivity index (χ0n) is 28.1. The molecule has 256 valence electrons. The van der Waals surface area contributed by atoms with Gasteiger partial charge in [0.15, 0.2) is 0 Å². The second-order valence-electron chi connectivity index (χ2n) is 11.2. The van der Waals surface area contributed by atoms with Gasteiger partial charge >= 0.3 is 12.1 Å². The normalized spacial score (nSPS) is 14.6. The molecule has 2 aromatic heterocycles. The maximum Gasteiger partial charge on any atom is 0.322 e. The summed E-state index contributed by atoms with van der Waals surface area (Å²) < 4.78 is 0. The van der Waals surface area contributed by atoms with Crippen molar-refractivity contribution >= 4 is 63.4 Å². The number of nitrogen functional groups attached to an aromatic ring is 2. The summed E-state index contributed by atoms with van der Waals surface area (Å²) in [4.78, 5) is 46.0. The number of likely N-dealkylation sites (N-methyl/N-ethyl adjacent to an activating group) is 1. The SMILES string of the molecule is CC.CC(=O)N1CCN(C(=O)Nc2cc(-c3cccs3)ccc2N)CC1.CN1CCN(C(=O)Nc2cc(-c3cccs3)ccc2N)CC1. The summed E-state index contributed by atoms with van der Waals surface area (Å²) in [6.45, 7) is 11.0. The van der Waals surface area contributed by atoms with Gasteiger partial charge in [-0.15, -0.1) is 22.7 Å². The van der Waals surface area contributed by atoms with E-state index in [9.17, 15) is 14.4 Å². The Morgan fingerprint density at radius 1 is 0.625 bits per heavy atom. The Hall–Kier alpha value is -4.59. The molecule has 0 atom stereocenters. The van der Waals surface area contributed by atoms with Gasteiger partial charge in [-0.05, 0) is 65.3 Å². The van der Waals surface area contributed by atoms with E-state index in [1.54, 1.807) is 45.5 Å². The van der Waals surface area contributed by atoms with Crippen molar-refractivity contribution in [2.45, 2.75) is 20.8 Å². The Morgan fingerprint density at radius 3 is 1.40 bits per heavy atom. The highest BCUT2D eigenvalue weighted by molar-refractivity contribution is 7.13. The third-order valence-electron chi connectivity index (χ3n) is 8.00. The molecule has 0 saturated carbocycles. The molecule has 13 heteroatoms. The monoisotopic (exact) mass is 690 g/mol. The number of rotatable bonds is 4. The van der Waals surface area contributed by atoms with Crippen molar-refractivity contribution in [3.8, 4) is 20.9 Å². The van der Waals surface area contributed by atoms with E-state index in [4.69, 9.17) is 11.5 Å². The van der Waals surface area contributed by atoms with Gasteiger partial charge in [-0.25, -0.2) is 9.59 Å². The van der Waals surface area contributed by atoms with Crippen molar-refractivity contribution in [1.29, 1.82) is 0 Å². The van der Waals surface area contributed by atoms with Crippen molar-refractivity contribution in [1.82, 2.24) is 19.6 Å². The summed E-state index contributed by atoms with van der Waals surface area (Å²) in [6, 6.07) is 19.2. The van der Waals surface area contributed by atoms with Crippen LogP contribution >= 0.6 is 22.7 Å². The van der Waals surface area contributed by atoms with E-state index in [0.29, 0.717) is 48.9 Å². The molecule has 2 aromatic carbocycles. The van der Waals surface area contributed by atoms with E-state index >= 15 is 0 Å². The predicted octanol–water partition coefficient (Wildman–Crippen LogP) is 6.50. The van der Waals surface area contributed by atoms with E-state index in [-0.39, 0.29) is 18.0 Å². The number of urea groups is 2. The summed E-state index contributed by atoms with van der Waals surface area (Å²) in [6.07, 6.45) is 0. The second kappa shape index (κ2) is 17.5. The summed E-state index contributed by atoms with van der Waals surface area (Å²) in [5, 5.41) is 9.88. The molecule has 0 unspecified atom stereocenters. The third-order valence-corrected chi connectivity index (χ3v) is 9.84. The van der Waals surface area contributed by atoms with Crippen LogP contribution in [0.2, 0.25) is 0 Å². The number of nitrogens with zero attached hydrogens (tertiary/aromatic N) is 4. The lowest BCUT2D eigenvalue weighted by Crippen LogP contribution is -2.51. The first-order chi connectivity index (χ1) is 23.2. The van der Waals surface area contributed by atoms with Crippen LogP contribution in [0.25, 0.3) is 20.9 Å². The van der Waals surface area contributed by atoms with Crippen LogP contribution in [0, 0.1) is 0 Å². The largest absolute Gasteiger partial charge is 0.397 e. The number of anilines is 4. The molecule has 2 saturated heterocycles. The van der Waals surface area contributed by atoms with E-state index in [0.717, 1.165) is 47.1 Å². The molecule has 6 rings (SSSR count). The smallest absolute Gasteiger partial charge is 0.322 e. The summed E-state index contributed by atoms with van der Waals surface area (Å²) in [7, 11) is 2.07. The average molecular weight is 691 g/mol. The summed E-state index contributed by atoms with van der Waals surface area (Å²) >= 11 is 3.31. The minimum Gasteiger partial charge on any atom is -0.397 e. The molecule has 2 aliphatic heterocycles. The van der Waals surface area contributed by atoms with Crippen LogP contribution in [0.4, 0.5) is 32.3 Å². The zero-order valence-corrected chi connectivity index (χ0v) is 29.7. The Labute approximate surface area is 291 Å². The number of hydrogen-bond donors (Lipinski definition) is 4. The molecule has 0 spiro atoms. The van der Waals surface area contributed by atoms with Crippen molar-refractivity contribution in [2.24, 2.45) is 0 Å². The van der Waals surface area contributed by atoms with Gasteiger partial charge in [-0.3, -0.25) is 4.79 Å². The Bertz CT molecular complexity index is 1630. The molecule has 6 N–H and O–H groups in total. The van der Waals surface area contributed by atoms with Gasteiger partial charge in [0.25, 0.3) is 0 Å². The maximum atomic E-state index is 12.5. The number of carbonyl (C=O) groups is 3. The topological polar surface area (TPSA) is 140 Å². The van der Waals surface area contributed by atoms with Crippen molar-refractivity contribution in [3.05, 3.63) is 71.4 Å². The molecule has 0 aliphatic carbocycles. The fourth-order valence-electron chi connectivity index (χ4n) is 5.14. The highest BCUT2D eigenvalue weighted by Crippen LogP contribution is 2.31. The van der Waals surface area contributed by atoms with Gasteiger partial charge in [0, 0.05) is 69.0 Å². The minimum atomic E-state index is -0.187. The molecule has 48 heavy (non-hydrogen) atoms. The fraction of sp³-hybridized carbons (Fsp3) is 0.343. The number of nitrogens with one attached hydrogen (secondary N) is 2. The van der Waals surface area contributed by atoms with Crippen molar-refractivity contribution in [2.75, 3.05) is 81.5 Å². The number of amides is 5. The van der Waals surface area contributed by atoms with Crippen LogP contribution in [0.3, 0.4) is 0 Å². The predicted molar refractivity (Wildman–Crippen MR) is 201 cm³/mol. The molecule has 0 bridgehead atoms. The lowest BCUT2D eigenvalue weighted by molar-refractivity contribution is -0.130. The molecule has 2 aliphatic rings. The molecular weight excluding hydrogens is 645 g/mol. The minimum absolute atomic E-state index is 0.0444. The van der Waals surface area contributed by atoms with Crippen LogP contribution in [0.5, 0.6) is 0 Å². The number of benzene rings is 2. The first-order valence-electron chi connectivity index (χ1n) is 16.1. The Morgan fingerprint density at radius 2 is 1.02 bits per heavy atom. The standard InChI is InChI=1S/C17H20N4O2S.C16H20N4OS.C2H6/c1-12(22)20-6-8-21(9-7-20)17(23)19-15-11-13(4-5-14(15)18)16-3-2-10-24-16;1-19-6-8-20(9-7-19)16(21)18-14-11-12(4-5-13(14)17)15-3-2-10-22-15;1-2/h2-5,10-11H,6-9,18H2,1H3,(H,19,23);2-5,10-11H,6-9,17H2,1H3,(H,18,21);1-2H3. The van der Waals surface area contributed by atoms with E-state index < -0.39 is 0 Å². The van der Waals surface area contributed by atoms with Crippen molar-refractivity contribution in [3.63, 3.8) is 0 Å². The number of hydrogen-bond acceptors (Lipinski definition) is 8. The van der Waals surface area contributed by atoms with Crippen LogP contribution < -0.4 is 22.1 Å². The maximum absolute atomic E-state index is 12.5. The van der Waals surface area contributed by atoms with Crippen LogP contribution in [0.1, 0.15) is 20.8 Å². The molecule has 5 amide bonds. The fourth-order valence-corrected chi connectivity index (χ4v) is 6.59. The van der Waals surface area contributed by atoms with Gasteiger partial charge < -0.3 is 41.7 Å². The molecule has 4 aromatic rings. The average Bonchev–Trinajstić information content (AvgIpc) is 3.84. The molecule has 11 nitrogen and oxygen atoms in total. The van der Waals surface area contributed by atoms with Gasteiger partial charge in [0.2, 0.25) is 5.91 Å². The quantitative estimate of drug-likeness (QED) is 0.180. The van der Waals surface area contributed by atoms with Crippen LogP contribution in [-0.4, -0.2) is 97.0 Å². The van der Waals surface area contributed by atoms with Gasteiger partial charge in [0.1, 0.15) is 0 Å². The number of piperazine rings is 2. The lowest BCUT2D eigenvalue weighted by Gasteiger charge is -2.34. The second-order valence-corrected chi connectivity index (χ2v) is 13.1. The molecule has 0 radical (unpaired) electrons. The van der Waals surface area contributed by atoms with Gasteiger partial charge in [-0.1, -0.05) is 38.1 Å². The highest BCUT2D eigenvalue weighted by Gasteiger charge is 2.23. The first kappa shape index (κ1) is 36.2. The third kappa shape index (κ3) is 9.72. The first-order valence-corrected chi connectivity index (χ1v) is 17.9. The van der Waals surface area contributed by atoms with E-state index in [1.807, 2.05) is 78.0 Å². The zero-order chi connectivity index (χ0) is 34.6. The highest BCUT2D eigenvalue weighted by atomic mass is 32.1. The Balaban J connectivity index is 0.000000207. The summed E-state index contributed by atoms with van der Waals surface area (Å²) in [5.74, 6) is 0.0444. The molecular formula is C35H46N8O3S2. The molecule has 4 heterocycles. The van der Waals surface area contributed by atoms with E-state index in [2.05, 4.69) is 28.6 Å². The molecule has 2 fully saturated rings. The number of carbonyl (C=O) groups excluding carboxylic acids is 3. The van der Waals surface area contributed by atoms with Gasteiger partial charge in [0.05, 0.1) is 22.7 Å². The van der Waals surface area contributed by atoms with Gasteiger partial charge in [-0.2, -0.15) is 0 Å². The Kier molecular flexibility index (Phi) is 13.2. The number of nitrogens with two attached hydrogens (primary N) is 2. The van der Waals surface area contributed by atoms with Crippen molar-refractivity contribution < 1.29 is 14.4 Å². The number of thiophene rings is 2.